The summed E-state index contributed by atoms with van der Waals surface area (Å²) >= 11 is 0. The second-order valence-corrected chi connectivity index (χ2v) is 6.82. The Morgan fingerprint density at radius 1 is 1.28 bits per heavy atom. The average Bonchev–Trinajstić information content (AvgIpc) is 3.20. The lowest BCUT2D eigenvalue weighted by molar-refractivity contribution is 0.357. The molecule has 1 aliphatic rings. The van der Waals surface area contributed by atoms with Crippen LogP contribution in [0.4, 0.5) is 0 Å². The van der Waals surface area contributed by atoms with Crippen molar-refractivity contribution in [3.05, 3.63) is 58.5 Å². The molecule has 0 fully saturated rings. The van der Waals surface area contributed by atoms with E-state index in [-0.39, 0.29) is 6.04 Å². The molecule has 1 N–H and O–H groups in total. The molecule has 1 aliphatic heterocycles. The van der Waals surface area contributed by atoms with Crippen LogP contribution in [0.1, 0.15) is 41.0 Å². The molecule has 130 valence electrons. The monoisotopic (exact) mass is 336 g/mol. The molecule has 3 heterocycles. The Hall–Kier alpha value is -2.40. The molecule has 1 aromatic carbocycles. The van der Waals surface area contributed by atoms with E-state index in [9.17, 15) is 0 Å². The zero-order valence-electron chi connectivity index (χ0n) is 15.0. The van der Waals surface area contributed by atoms with Gasteiger partial charge >= 0.3 is 0 Å². The van der Waals surface area contributed by atoms with Gasteiger partial charge in [0.25, 0.3) is 0 Å². The Morgan fingerprint density at radius 3 is 3.04 bits per heavy atom. The first-order valence-corrected chi connectivity index (χ1v) is 8.91. The highest BCUT2D eigenvalue weighted by molar-refractivity contribution is 5.42. The maximum Gasteiger partial charge on any atom is 0.155 e. The highest BCUT2D eigenvalue weighted by Crippen LogP contribution is 2.26. The summed E-state index contributed by atoms with van der Waals surface area (Å²) in [5, 5.41) is 8.15. The van der Waals surface area contributed by atoms with Crippen molar-refractivity contribution in [2.75, 3.05) is 13.2 Å². The van der Waals surface area contributed by atoms with Gasteiger partial charge in [0.2, 0.25) is 0 Å². The van der Waals surface area contributed by atoms with E-state index in [0.717, 1.165) is 48.8 Å². The first-order valence-electron chi connectivity index (χ1n) is 8.91. The van der Waals surface area contributed by atoms with Crippen molar-refractivity contribution in [1.29, 1.82) is 0 Å². The number of rotatable bonds is 5. The second-order valence-electron chi connectivity index (χ2n) is 6.82. The summed E-state index contributed by atoms with van der Waals surface area (Å²) in [6, 6.07) is 8.79. The van der Waals surface area contributed by atoms with Gasteiger partial charge in [0.05, 0.1) is 12.3 Å². The molecule has 5 heteroatoms. The van der Waals surface area contributed by atoms with Gasteiger partial charge in [-0.3, -0.25) is 0 Å². The van der Waals surface area contributed by atoms with E-state index in [1.165, 1.54) is 16.7 Å². The number of fused-ring (bicyclic) bond motifs is 2. The summed E-state index contributed by atoms with van der Waals surface area (Å²) in [5.74, 6) is 1.05. The molecule has 4 rings (SSSR count). The average molecular weight is 336 g/mol. The molecule has 2 aromatic heterocycles. The Morgan fingerprint density at radius 2 is 2.16 bits per heavy atom. The summed E-state index contributed by atoms with van der Waals surface area (Å²) in [4.78, 5) is 4.54. The molecule has 5 nitrogen and oxygen atoms in total. The van der Waals surface area contributed by atoms with E-state index in [2.05, 4.69) is 47.4 Å². The molecule has 1 atom stereocenters. The third-order valence-corrected chi connectivity index (χ3v) is 4.97. The van der Waals surface area contributed by atoms with Crippen LogP contribution < -0.4 is 10.1 Å². The highest BCUT2D eigenvalue weighted by Gasteiger charge is 2.14. The van der Waals surface area contributed by atoms with Crippen LogP contribution in [0.25, 0.3) is 5.65 Å². The fraction of sp³-hybridized carbons (Fsp3) is 0.400. The van der Waals surface area contributed by atoms with Crippen LogP contribution in [0.3, 0.4) is 0 Å². The van der Waals surface area contributed by atoms with Crippen molar-refractivity contribution >= 4 is 5.65 Å². The molecule has 0 radical (unpaired) electrons. The van der Waals surface area contributed by atoms with Gasteiger partial charge in [0, 0.05) is 36.0 Å². The molecule has 0 amide bonds. The minimum Gasteiger partial charge on any atom is -0.493 e. The largest absolute Gasteiger partial charge is 0.493 e. The van der Waals surface area contributed by atoms with Crippen molar-refractivity contribution in [3.63, 3.8) is 0 Å². The quantitative estimate of drug-likeness (QED) is 0.777. The van der Waals surface area contributed by atoms with Crippen LogP contribution in [-0.2, 0) is 12.8 Å². The zero-order chi connectivity index (χ0) is 17.4. The van der Waals surface area contributed by atoms with Gasteiger partial charge in [-0.25, -0.2) is 9.50 Å². The minimum absolute atomic E-state index is 0.235. The molecular formula is C20H24N4O. The molecule has 0 bridgehead atoms. The zero-order valence-corrected chi connectivity index (χ0v) is 15.0. The summed E-state index contributed by atoms with van der Waals surface area (Å²) < 4.78 is 7.51. The van der Waals surface area contributed by atoms with Gasteiger partial charge in [-0.05, 0) is 50.9 Å². The number of aromatic nitrogens is 3. The van der Waals surface area contributed by atoms with Crippen molar-refractivity contribution in [2.45, 2.75) is 39.7 Å². The highest BCUT2D eigenvalue weighted by atomic mass is 16.5. The lowest BCUT2D eigenvalue weighted by atomic mass is 10.1. The van der Waals surface area contributed by atoms with Gasteiger partial charge < -0.3 is 10.1 Å². The van der Waals surface area contributed by atoms with Crippen molar-refractivity contribution < 1.29 is 4.74 Å². The van der Waals surface area contributed by atoms with Crippen molar-refractivity contribution in [2.24, 2.45) is 0 Å². The molecule has 0 spiro atoms. The number of hydrogen-bond acceptors (Lipinski definition) is 4. The van der Waals surface area contributed by atoms with E-state index in [0.29, 0.717) is 0 Å². The lowest BCUT2D eigenvalue weighted by Crippen LogP contribution is -2.23. The Kier molecular flexibility index (Phi) is 4.17. The van der Waals surface area contributed by atoms with Crippen LogP contribution in [-0.4, -0.2) is 27.7 Å². The third-order valence-electron chi connectivity index (χ3n) is 4.97. The Balaban J connectivity index is 1.42. The fourth-order valence-corrected chi connectivity index (χ4v) is 3.54. The number of nitrogens with zero attached hydrogens (tertiary/aromatic N) is 3. The minimum atomic E-state index is 0.235. The second kappa shape index (κ2) is 6.48. The molecular weight excluding hydrogens is 312 g/mol. The normalized spacial score (nSPS) is 14.5. The van der Waals surface area contributed by atoms with E-state index in [1.54, 1.807) is 0 Å². The van der Waals surface area contributed by atoms with E-state index in [1.807, 2.05) is 23.7 Å². The van der Waals surface area contributed by atoms with Crippen LogP contribution >= 0.6 is 0 Å². The summed E-state index contributed by atoms with van der Waals surface area (Å²) in [7, 11) is 0. The first kappa shape index (κ1) is 16.1. The van der Waals surface area contributed by atoms with Crippen LogP contribution in [0.15, 0.2) is 30.5 Å². The number of hydrogen-bond donors (Lipinski definition) is 1. The number of ether oxygens (including phenoxy) is 1. The van der Waals surface area contributed by atoms with Crippen LogP contribution in [0.2, 0.25) is 0 Å². The van der Waals surface area contributed by atoms with Crippen molar-refractivity contribution in [3.8, 4) is 5.75 Å². The predicted octanol–water partition coefficient (Wildman–Crippen LogP) is 3.17. The smallest absolute Gasteiger partial charge is 0.155 e. The van der Waals surface area contributed by atoms with E-state index in [4.69, 9.17) is 4.74 Å². The number of benzene rings is 1. The van der Waals surface area contributed by atoms with Crippen molar-refractivity contribution in [1.82, 2.24) is 19.9 Å². The number of nitrogens with one attached hydrogen (secondary N) is 1. The van der Waals surface area contributed by atoms with E-state index >= 15 is 0 Å². The summed E-state index contributed by atoms with van der Waals surface area (Å²) in [6.07, 6.45) is 4.00. The lowest BCUT2D eigenvalue weighted by Gasteiger charge is -2.17. The fourth-order valence-electron chi connectivity index (χ4n) is 3.54. The molecule has 25 heavy (non-hydrogen) atoms. The van der Waals surface area contributed by atoms with Gasteiger partial charge in [-0.1, -0.05) is 12.1 Å². The van der Waals surface area contributed by atoms with Gasteiger partial charge in [0.1, 0.15) is 5.75 Å². The SMILES string of the molecule is Cc1cc2ncc([C@H](C)NCCc3ccc4c(c3)CCO4)c(C)n2n1. The van der Waals surface area contributed by atoms with Gasteiger partial charge in [0.15, 0.2) is 5.65 Å². The maximum atomic E-state index is 5.57. The molecule has 3 aromatic rings. The Labute approximate surface area is 148 Å². The summed E-state index contributed by atoms with van der Waals surface area (Å²) in [5.41, 5.74) is 6.94. The molecule has 0 saturated carbocycles. The predicted molar refractivity (Wildman–Crippen MR) is 98.2 cm³/mol. The standard InChI is InChI=1S/C20H24N4O/c1-13-10-20-22-12-18(15(3)24(20)23-13)14(2)21-8-6-16-4-5-19-17(11-16)7-9-25-19/h4-5,10-12,14,21H,6-9H2,1-3H3/t14-/m0/s1. The third kappa shape index (κ3) is 3.12. The Bertz CT molecular complexity index is 915. The summed E-state index contributed by atoms with van der Waals surface area (Å²) in [6.45, 7) is 8.03. The van der Waals surface area contributed by atoms with Crippen LogP contribution in [0.5, 0.6) is 5.75 Å². The first-order chi connectivity index (χ1) is 12.1. The topological polar surface area (TPSA) is 51.5 Å². The molecule has 0 unspecified atom stereocenters. The van der Waals surface area contributed by atoms with E-state index < -0.39 is 0 Å². The van der Waals surface area contributed by atoms with Gasteiger partial charge in [-0.15, -0.1) is 0 Å². The molecule has 0 saturated heterocycles. The molecule has 0 aliphatic carbocycles. The van der Waals surface area contributed by atoms with Crippen LogP contribution in [0, 0.1) is 13.8 Å². The maximum absolute atomic E-state index is 5.57. The van der Waals surface area contributed by atoms with Gasteiger partial charge in [-0.2, -0.15) is 5.10 Å². The number of aryl methyl sites for hydroxylation is 2.